The second-order valence-corrected chi connectivity index (χ2v) is 6.13. The van der Waals surface area contributed by atoms with Gasteiger partial charge in [0.15, 0.2) is 0 Å². The molecule has 2 rings (SSSR count). The highest BCUT2D eigenvalue weighted by Crippen LogP contribution is 2.19. The van der Waals surface area contributed by atoms with Crippen LogP contribution in [0.1, 0.15) is 32.9 Å². The van der Waals surface area contributed by atoms with Gasteiger partial charge in [-0.1, -0.05) is 18.5 Å². The van der Waals surface area contributed by atoms with Crippen LogP contribution in [0.25, 0.3) is 0 Å². The monoisotopic (exact) mass is 310 g/mol. The number of nitrogens with zero attached hydrogens (tertiary/aromatic N) is 3. The number of hydrogen-bond donors (Lipinski definition) is 1. The molecule has 118 valence electrons. The van der Waals surface area contributed by atoms with E-state index < -0.39 is 0 Å². The van der Waals surface area contributed by atoms with Gasteiger partial charge in [-0.2, -0.15) is 0 Å². The molecule has 1 atom stereocenters. The standard InChI is InChI=1S/C16H27ClN4/c1-4-13(3)21-10-8-20(9-11-21)12-15-14(17)6-7-16(19-15)18-5-2/h6-7,13H,4-5,8-12H2,1-3H3,(H,18,19). The van der Waals surface area contributed by atoms with Crippen molar-refractivity contribution in [1.82, 2.24) is 14.8 Å². The van der Waals surface area contributed by atoms with Crippen molar-refractivity contribution in [3.8, 4) is 0 Å². The molecular weight excluding hydrogens is 284 g/mol. The molecule has 1 aliphatic heterocycles. The Balaban J connectivity index is 1.92. The predicted octanol–water partition coefficient (Wildman–Crippen LogP) is 3.08. The molecule has 0 aliphatic carbocycles. The van der Waals surface area contributed by atoms with Crippen molar-refractivity contribution in [2.75, 3.05) is 38.0 Å². The van der Waals surface area contributed by atoms with Crippen molar-refractivity contribution in [2.24, 2.45) is 0 Å². The minimum Gasteiger partial charge on any atom is -0.370 e. The van der Waals surface area contributed by atoms with E-state index in [9.17, 15) is 0 Å². The number of anilines is 1. The smallest absolute Gasteiger partial charge is 0.126 e. The van der Waals surface area contributed by atoms with E-state index in [0.29, 0.717) is 6.04 Å². The van der Waals surface area contributed by atoms with Crippen LogP contribution >= 0.6 is 11.6 Å². The maximum Gasteiger partial charge on any atom is 0.126 e. The predicted molar refractivity (Wildman–Crippen MR) is 90.0 cm³/mol. The van der Waals surface area contributed by atoms with Crippen molar-refractivity contribution < 1.29 is 0 Å². The van der Waals surface area contributed by atoms with E-state index in [1.165, 1.54) is 6.42 Å². The second kappa shape index (κ2) is 7.97. The quantitative estimate of drug-likeness (QED) is 0.875. The molecule has 0 spiro atoms. The largest absolute Gasteiger partial charge is 0.370 e. The fraction of sp³-hybridized carbons (Fsp3) is 0.688. The maximum absolute atomic E-state index is 6.29. The summed E-state index contributed by atoms with van der Waals surface area (Å²) in [6, 6.07) is 4.57. The van der Waals surface area contributed by atoms with E-state index in [2.05, 4.69) is 40.9 Å². The van der Waals surface area contributed by atoms with Crippen LogP contribution in [-0.2, 0) is 6.54 Å². The summed E-state index contributed by atoms with van der Waals surface area (Å²) in [5.74, 6) is 0.912. The van der Waals surface area contributed by atoms with Gasteiger partial charge in [0.2, 0.25) is 0 Å². The van der Waals surface area contributed by atoms with Crippen LogP contribution < -0.4 is 5.32 Å². The van der Waals surface area contributed by atoms with Gasteiger partial charge in [-0.3, -0.25) is 9.80 Å². The van der Waals surface area contributed by atoms with Gasteiger partial charge in [0, 0.05) is 45.3 Å². The number of pyridine rings is 1. The third-order valence-electron chi connectivity index (χ3n) is 4.27. The number of piperazine rings is 1. The fourth-order valence-electron chi connectivity index (χ4n) is 2.71. The van der Waals surface area contributed by atoms with Gasteiger partial charge in [-0.15, -0.1) is 0 Å². The van der Waals surface area contributed by atoms with Gasteiger partial charge in [0.1, 0.15) is 5.82 Å². The molecule has 1 aromatic rings. The van der Waals surface area contributed by atoms with Gasteiger partial charge in [0.25, 0.3) is 0 Å². The fourth-order valence-corrected chi connectivity index (χ4v) is 2.87. The Labute approximate surface area is 133 Å². The first-order chi connectivity index (χ1) is 10.1. The molecule has 1 aliphatic rings. The van der Waals surface area contributed by atoms with Crippen LogP contribution in [0.15, 0.2) is 12.1 Å². The van der Waals surface area contributed by atoms with Crippen molar-refractivity contribution >= 4 is 17.4 Å². The highest BCUT2D eigenvalue weighted by Gasteiger charge is 2.21. The van der Waals surface area contributed by atoms with Crippen molar-refractivity contribution in [1.29, 1.82) is 0 Å². The first kappa shape index (κ1) is 16.5. The summed E-state index contributed by atoms with van der Waals surface area (Å²) in [5, 5.41) is 4.01. The van der Waals surface area contributed by atoms with Crippen LogP contribution in [0, 0.1) is 0 Å². The minimum absolute atomic E-state index is 0.686. The van der Waals surface area contributed by atoms with Crippen LogP contribution in [0.4, 0.5) is 5.82 Å². The summed E-state index contributed by atoms with van der Waals surface area (Å²) in [7, 11) is 0. The molecule has 0 bridgehead atoms. The Morgan fingerprint density at radius 3 is 2.57 bits per heavy atom. The molecule has 1 unspecified atom stereocenters. The normalized spacial score (nSPS) is 18.7. The summed E-state index contributed by atoms with van der Waals surface area (Å²) in [6.07, 6.45) is 1.22. The number of hydrogen-bond acceptors (Lipinski definition) is 4. The van der Waals surface area contributed by atoms with Crippen molar-refractivity contribution in [3.63, 3.8) is 0 Å². The van der Waals surface area contributed by atoms with Gasteiger partial charge in [-0.05, 0) is 32.4 Å². The molecule has 0 amide bonds. The van der Waals surface area contributed by atoms with Gasteiger partial charge < -0.3 is 5.32 Å². The summed E-state index contributed by atoms with van der Waals surface area (Å²) in [6.45, 7) is 12.8. The first-order valence-corrected chi connectivity index (χ1v) is 8.37. The van der Waals surface area contributed by atoms with Crippen LogP contribution in [0.3, 0.4) is 0 Å². The Kier molecular flexibility index (Phi) is 6.27. The molecule has 0 aromatic carbocycles. The summed E-state index contributed by atoms with van der Waals surface area (Å²) in [5.41, 5.74) is 0.979. The maximum atomic E-state index is 6.29. The zero-order valence-electron chi connectivity index (χ0n) is 13.4. The molecule has 21 heavy (non-hydrogen) atoms. The first-order valence-electron chi connectivity index (χ1n) is 7.99. The van der Waals surface area contributed by atoms with E-state index in [1.54, 1.807) is 0 Å². The number of halogens is 1. The molecule has 1 N–H and O–H groups in total. The number of rotatable bonds is 6. The highest BCUT2D eigenvalue weighted by molar-refractivity contribution is 6.31. The van der Waals surface area contributed by atoms with Crippen molar-refractivity contribution in [2.45, 2.75) is 39.8 Å². The molecule has 0 radical (unpaired) electrons. The van der Waals surface area contributed by atoms with E-state index in [-0.39, 0.29) is 0 Å². The lowest BCUT2D eigenvalue weighted by Crippen LogP contribution is -2.49. The van der Waals surface area contributed by atoms with Crippen LogP contribution in [-0.4, -0.2) is 53.5 Å². The Morgan fingerprint density at radius 2 is 1.95 bits per heavy atom. The molecule has 2 heterocycles. The summed E-state index contributed by atoms with van der Waals surface area (Å²) >= 11 is 6.29. The lowest BCUT2D eigenvalue weighted by atomic mass is 10.2. The third-order valence-corrected chi connectivity index (χ3v) is 4.62. The second-order valence-electron chi connectivity index (χ2n) is 5.72. The molecular formula is C16H27ClN4. The highest BCUT2D eigenvalue weighted by atomic mass is 35.5. The molecule has 1 fully saturated rings. The summed E-state index contributed by atoms with van der Waals surface area (Å²) < 4.78 is 0. The SMILES string of the molecule is CCNc1ccc(Cl)c(CN2CCN(C(C)CC)CC2)n1. The van der Waals surface area contributed by atoms with Crippen molar-refractivity contribution in [3.05, 3.63) is 22.8 Å². The molecule has 1 saturated heterocycles. The van der Waals surface area contributed by atoms with E-state index in [4.69, 9.17) is 11.6 Å². The van der Waals surface area contributed by atoms with E-state index >= 15 is 0 Å². The van der Waals surface area contributed by atoms with Crippen LogP contribution in [0.5, 0.6) is 0 Å². The topological polar surface area (TPSA) is 31.4 Å². The summed E-state index contributed by atoms with van der Waals surface area (Å²) in [4.78, 5) is 9.65. The lowest BCUT2D eigenvalue weighted by molar-refractivity contribution is 0.0956. The average Bonchev–Trinajstić information content (AvgIpc) is 2.51. The van der Waals surface area contributed by atoms with E-state index in [1.807, 2.05) is 12.1 Å². The zero-order valence-corrected chi connectivity index (χ0v) is 14.2. The van der Waals surface area contributed by atoms with Gasteiger partial charge in [-0.25, -0.2) is 4.98 Å². The Bertz CT molecular complexity index is 444. The average molecular weight is 311 g/mol. The Morgan fingerprint density at radius 1 is 1.24 bits per heavy atom. The molecule has 0 saturated carbocycles. The van der Waals surface area contributed by atoms with Crippen LogP contribution in [0.2, 0.25) is 5.02 Å². The molecule has 1 aromatic heterocycles. The van der Waals surface area contributed by atoms with Gasteiger partial charge in [0.05, 0.1) is 10.7 Å². The third kappa shape index (κ3) is 4.56. The zero-order chi connectivity index (χ0) is 15.2. The molecule has 5 heteroatoms. The number of aromatic nitrogens is 1. The minimum atomic E-state index is 0.686. The number of nitrogens with one attached hydrogen (secondary N) is 1. The van der Waals surface area contributed by atoms with Gasteiger partial charge >= 0.3 is 0 Å². The van der Waals surface area contributed by atoms with E-state index in [0.717, 1.165) is 55.8 Å². The molecule has 4 nitrogen and oxygen atoms in total. The Hall–Kier alpha value is -0.840. The lowest BCUT2D eigenvalue weighted by Gasteiger charge is -2.37.